The summed E-state index contributed by atoms with van der Waals surface area (Å²) in [5, 5.41) is 0.674. The summed E-state index contributed by atoms with van der Waals surface area (Å²) >= 11 is 5.86. The molecule has 0 aromatic heterocycles. The van der Waals surface area contributed by atoms with Gasteiger partial charge in [0.2, 0.25) is 6.29 Å². The lowest BCUT2D eigenvalue weighted by Gasteiger charge is -2.09. The van der Waals surface area contributed by atoms with Gasteiger partial charge >= 0.3 is 0 Å². The maximum absolute atomic E-state index is 5.86. The molecule has 1 aromatic rings. The van der Waals surface area contributed by atoms with Gasteiger partial charge in [-0.2, -0.15) is 0 Å². The fraction of sp³-hybridized carbons (Fsp3) is 0.300. The number of benzene rings is 1. The van der Waals surface area contributed by atoms with Crippen LogP contribution in [0, 0.1) is 6.29 Å². The summed E-state index contributed by atoms with van der Waals surface area (Å²) in [6.45, 7) is 1.24. The fourth-order valence-electron chi connectivity index (χ4n) is 1.34. The maximum Gasteiger partial charge on any atom is 0.228 e. The van der Waals surface area contributed by atoms with Crippen LogP contribution in [0.1, 0.15) is 5.56 Å². The van der Waals surface area contributed by atoms with Gasteiger partial charge in [-0.15, -0.1) is 0 Å². The van der Waals surface area contributed by atoms with Gasteiger partial charge in [-0.3, -0.25) is 0 Å². The van der Waals surface area contributed by atoms with Crippen molar-refractivity contribution in [2.75, 3.05) is 18.9 Å². The summed E-state index contributed by atoms with van der Waals surface area (Å²) in [5.41, 5.74) is 7.43. The second-order valence-corrected chi connectivity index (χ2v) is 3.53. The summed E-state index contributed by atoms with van der Waals surface area (Å²) in [6.07, 6.45) is 1.20. The van der Waals surface area contributed by atoms with Crippen molar-refractivity contribution >= 4 is 17.3 Å². The predicted molar refractivity (Wildman–Crippen MR) is 54.7 cm³/mol. The monoisotopic (exact) mass is 212 g/mol. The van der Waals surface area contributed by atoms with E-state index in [2.05, 4.69) is 0 Å². The van der Waals surface area contributed by atoms with Crippen molar-refractivity contribution in [3.05, 3.63) is 35.1 Å². The van der Waals surface area contributed by atoms with Crippen molar-refractivity contribution in [3.8, 4) is 0 Å². The lowest BCUT2D eigenvalue weighted by atomic mass is 10.1. The Labute approximate surface area is 87.8 Å². The maximum atomic E-state index is 5.86. The first-order valence-electron chi connectivity index (χ1n) is 4.41. The number of nitrogen functional groups attached to an aromatic ring is 1. The molecule has 14 heavy (non-hydrogen) atoms. The van der Waals surface area contributed by atoms with Gasteiger partial charge in [0.05, 0.1) is 13.2 Å². The Morgan fingerprint density at radius 3 is 2.71 bits per heavy atom. The molecule has 4 heteroatoms. The van der Waals surface area contributed by atoms with Crippen molar-refractivity contribution in [2.24, 2.45) is 0 Å². The third-order valence-electron chi connectivity index (χ3n) is 2.05. The number of halogens is 1. The third kappa shape index (κ3) is 2.18. The van der Waals surface area contributed by atoms with Crippen molar-refractivity contribution in [1.29, 1.82) is 0 Å². The number of anilines is 1. The molecule has 1 aliphatic heterocycles. The highest BCUT2D eigenvalue weighted by Gasteiger charge is 2.19. The van der Waals surface area contributed by atoms with E-state index in [1.165, 1.54) is 0 Å². The van der Waals surface area contributed by atoms with Gasteiger partial charge in [0.15, 0.2) is 0 Å². The summed E-state index contributed by atoms with van der Waals surface area (Å²) in [4.78, 5) is 0. The molecule has 0 spiro atoms. The van der Waals surface area contributed by atoms with Crippen LogP contribution >= 0.6 is 11.6 Å². The van der Waals surface area contributed by atoms with E-state index in [-0.39, 0.29) is 0 Å². The first-order chi connectivity index (χ1) is 6.75. The number of ether oxygens (including phenoxy) is 2. The number of hydrogen-bond acceptors (Lipinski definition) is 3. The molecule has 75 valence electrons. The van der Waals surface area contributed by atoms with Crippen LogP contribution in [0.2, 0.25) is 5.02 Å². The summed E-state index contributed by atoms with van der Waals surface area (Å²) < 4.78 is 10.5. The molecule has 0 amide bonds. The van der Waals surface area contributed by atoms with E-state index in [1.54, 1.807) is 12.1 Å². The molecule has 1 heterocycles. The Kier molecular flexibility index (Phi) is 2.91. The average molecular weight is 213 g/mol. The van der Waals surface area contributed by atoms with Gasteiger partial charge in [0.1, 0.15) is 0 Å². The first kappa shape index (κ1) is 9.77. The van der Waals surface area contributed by atoms with Gasteiger partial charge < -0.3 is 15.2 Å². The Morgan fingerprint density at radius 1 is 1.29 bits per heavy atom. The first-order valence-corrected chi connectivity index (χ1v) is 4.79. The highest BCUT2D eigenvalue weighted by molar-refractivity contribution is 6.30. The zero-order valence-corrected chi connectivity index (χ0v) is 8.38. The average Bonchev–Trinajstić information content (AvgIpc) is 2.64. The molecule has 0 bridgehead atoms. The quantitative estimate of drug-likeness (QED) is 0.763. The summed E-state index contributed by atoms with van der Waals surface area (Å²) in [7, 11) is 0. The van der Waals surface area contributed by atoms with Gasteiger partial charge in [0.25, 0.3) is 0 Å². The van der Waals surface area contributed by atoms with Gasteiger partial charge in [0, 0.05) is 17.1 Å². The number of hydrogen-bond donors (Lipinski definition) is 1. The lowest BCUT2D eigenvalue weighted by Crippen LogP contribution is -2.04. The van der Waals surface area contributed by atoms with E-state index in [1.807, 2.05) is 6.07 Å². The van der Waals surface area contributed by atoms with Crippen molar-refractivity contribution in [2.45, 2.75) is 6.42 Å². The van der Waals surface area contributed by atoms with Crippen LogP contribution in [0.5, 0.6) is 0 Å². The van der Waals surface area contributed by atoms with Crippen LogP contribution < -0.4 is 5.73 Å². The standard InChI is InChI=1S/C10H11ClNO2/c11-8-1-2-9(12)7(5-8)6-10-13-3-4-14-10/h1-2,5H,3-4,6,12H2. The Hall–Kier alpha value is -0.770. The van der Waals surface area contributed by atoms with E-state index in [0.717, 1.165) is 5.56 Å². The largest absolute Gasteiger partial charge is 0.399 e. The van der Waals surface area contributed by atoms with Crippen LogP contribution in [0.15, 0.2) is 18.2 Å². The molecule has 0 atom stereocenters. The number of nitrogens with two attached hydrogens (primary N) is 1. The normalized spacial score (nSPS) is 17.5. The topological polar surface area (TPSA) is 44.5 Å². The molecule has 1 aromatic carbocycles. The molecular formula is C10H11ClNO2. The Bertz CT molecular complexity index is 324. The van der Waals surface area contributed by atoms with Crippen molar-refractivity contribution in [1.82, 2.24) is 0 Å². The molecule has 0 saturated carbocycles. The van der Waals surface area contributed by atoms with Crippen molar-refractivity contribution < 1.29 is 9.47 Å². The zero-order chi connectivity index (χ0) is 9.97. The smallest absolute Gasteiger partial charge is 0.228 e. The molecule has 2 N–H and O–H groups in total. The molecule has 1 aliphatic rings. The highest BCUT2D eigenvalue weighted by Crippen LogP contribution is 2.24. The van der Waals surface area contributed by atoms with E-state index in [0.29, 0.717) is 36.6 Å². The van der Waals surface area contributed by atoms with E-state index >= 15 is 0 Å². The molecular weight excluding hydrogens is 202 g/mol. The molecule has 1 saturated heterocycles. The summed E-state index contributed by atoms with van der Waals surface area (Å²) in [6, 6.07) is 5.38. The Morgan fingerprint density at radius 2 is 2.00 bits per heavy atom. The second kappa shape index (κ2) is 4.17. The van der Waals surface area contributed by atoms with E-state index < -0.39 is 0 Å². The molecule has 3 nitrogen and oxygen atoms in total. The minimum absolute atomic E-state index is 0.576. The molecule has 0 aliphatic carbocycles. The molecule has 1 radical (unpaired) electrons. The fourth-order valence-corrected chi connectivity index (χ4v) is 1.53. The zero-order valence-electron chi connectivity index (χ0n) is 7.63. The molecule has 0 unspecified atom stereocenters. The highest BCUT2D eigenvalue weighted by atomic mass is 35.5. The summed E-state index contributed by atoms with van der Waals surface area (Å²) in [5.74, 6) is 0. The third-order valence-corrected chi connectivity index (χ3v) is 2.28. The van der Waals surface area contributed by atoms with Crippen molar-refractivity contribution in [3.63, 3.8) is 0 Å². The van der Waals surface area contributed by atoms with Gasteiger partial charge in [-0.1, -0.05) is 11.6 Å². The van der Waals surface area contributed by atoms with Gasteiger partial charge in [-0.25, -0.2) is 0 Å². The van der Waals surface area contributed by atoms with E-state index in [9.17, 15) is 0 Å². The van der Waals surface area contributed by atoms with Crippen LogP contribution in [0.3, 0.4) is 0 Å². The SMILES string of the molecule is Nc1ccc(Cl)cc1C[C]1OCCO1. The number of rotatable bonds is 2. The molecule has 2 rings (SSSR count). The van der Waals surface area contributed by atoms with Crippen LogP contribution in [0.4, 0.5) is 5.69 Å². The second-order valence-electron chi connectivity index (χ2n) is 3.09. The lowest BCUT2D eigenvalue weighted by molar-refractivity contribution is 0.0717. The Balaban J connectivity index is 2.10. The van der Waals surface area contributed by atoms with Crippen LogP contribution in [-0.2, 0) is 15.9 Å². The van der Waals surface area contributed by atoms with Gasteiger partial charge in [-0.05, 0) is 23.8 Å². The van der Waals surface area contributed by atoms with Crippen LogP contribution in [0.25, 0.3) is 0 Å². The van der Waals surface area contributed by atoms with Crippen LogP contribution in [-0.4, -0.2) is 13.2 Å². The van der Waals surface area contributed by atoms with E-state index in [4.69, 9.17) is 26.8 Å². The minimum Gasteiger partial charge on any atom is -0.399 e. The predicted octanol–water partition coefficient (Wildman–Crippen LogP) is 2.00. The molecule has 1 fully saturated rings. The minimum atomic E-state index is 0.576.